The first kappa shape index (κ1) is 17.3. The Bertz CT molecular complexity index is 666. The van der Waals surface area contributed by atoms with Gasteiger partial charge in [0.1, 0.15) is 5.82 Å². The van der Waals surface area contributed by atoms with Crippen LogP contribution in [0.2, 0.25) is 0 Å². The molecular formula is C18H26N6O. The number of amides is 2. The van der Waals surface area contributed by atoms with E-state index in [1.54, 1.807) is 12.5 Å². The molecule has 2 amide bonds. The molecule has 134 valence electrons. The van der Waals surface area contributed by atoms with E-state index in [1.165, 1.54) is 19.3 Å². The number of anilines is 1. The molecule has 0 aliphatic carbocycles. The predicted octanol–water partition coefficient (Wildman–Crippen LogP) is 2.16. The number of urea groups is 1. The van der Waals surface area contributed by atoms with Gasteiger partial charge in [-0.05, 0) is 43.9 Å². The van der Waals surface area contributed by atoms with Gasteiger partial charge in [-0.15, -0.1) is 0 Å². The fraction of sp³-hybridized carbons (Fsp3) is 0.500. The Morgan fingerprint density at radius 2 is 2.12 bits per heavy atom. The molecule has 1 fully saturated rings. The molecule has 0 aromatic carbocycles. The van der Waals surface area contributed by atoms with Gasteiger partial charge in [-0.1, -0.05) is 0 Å². The molecule has 0 bridgehead atoms. The smallest absolute Gasteiger partial charge is 0.315 e. The van der Waals surface area contributed by atoms with Crippen molar-refractivity contribution in [3.8, 4) is 0 Å². The Kier molecular flexibility index (Phi) is 5.87. The van der Waals surface area contributed by atoms with Crippen LogP contribution in [0.15, 0.2) is 37.1 Å². The highest BCUT2D eigenvalue weighted by atomic mass is 16.2. The fourth-order valence-corrected chi connectivity index (χ4v) is 3.08. The van der Waals surface area contributed by atoms with Crippen LogP contribution in [0, 0.1) is 0 Å². The van der Waals surface area contributed by atoms with E-state index in [1.807, 2.05) is 30.0 Å². The van der Waals surface area contributed by atoms with E-state index in [4.69, 9.17) is 0 Å². The lowest BCUT2D eigenvalue weighted by Gasteiger charge is -2.28. The van der Waals surface area contributed by atoms with E-state index in [0.717, 1.165) is 24.5 Å². The highest BCUT2D eigenvalue weighted by Crippen LogP contribution is 2.18. The molecule has 2 aromatic rings. The van der Waals surface area contributed by atoms with Crippen molar-refractivity contribution in [3.63, 3.8) is 0 Å². The normalized spacial score (nSPS) is 15.6. The Balaban J connectivity index is 1.46. The minimum atomic E-state index is -0.163. The summed E-state index contributed by atoms with van der Waals surface area (Å²) in [5, 5.41) is 5.86. The summed E-state index contributed by atoms with van der Waals surface area (Å²) in [5.74, 6) is 1.01. The van der Waals surface area contributed by atoms with Crippen LogP contribution in [0.1, 0.15) is 31.7 Å². The van der Waals surface area contributed by atoms with E-state index in [-0.39, 0.29) is 12.1 Å². The van der Waals surface area contributed by atoms with Gasteiger partial charge in [0.25, 0.3) is 0 Å². The SMILES string of the molecule is C[C@H](Cn1ccnc1)NC(=O)NCc1ccnc(N2CCCCC2)c1. The van der Waals surface area contributed by atoms with Crippen LogP contribution >= 0.6 is 0 Å². The zero-order chi connectivity index (χ0) is 17.5. The molecular weight excluding hydrogens is 316 g/mol. The Hall–Kier alpha value is -2.57. The van der Waals surface area contributed by atoms with Gasteiger partial charge in [0, 0.05) is 50.8 Å². The summed E-state index contributed by atoms with van der Waals surface area (Å²) in [6, 6.07) is 3.88. The Morgan fingerprint density at radius 1 is 1.28 bits per heavy atom. The van der Waals surface area contributed by atoms with E-state index in [0.29, 0.717) is 13.1 Å². The first-order valence-corrected chi connectivity index (χ1v) is 8.91. The second kappa shape index (κ2) is 8.50. The number of carbonyl (C=O) groups is 1. The Morgan fingerprint density at radius 3 is 2.88 bits per heavy atom. The standard InChI is InChI=1S/C18H26N6O/c1-15(13-23-10-7-19-14-23)22-18(25)21-12-16-5-6-20-17(11-16)24-8-3-2-4-9-24/h5-7,10-11,14-15H,2-4,8-9,12-13H2,1H3,(H2,21,22,25)/t15-/m1/s1. The average Bonchev–Trinajstić information content (AvgIpc) is 3.14. The molecule has 0 unspecified atom stereocenters. The van der Waals surface area contributed by atoms with E-state index in [9.17, 15) is 4.79 Å². The maximum absolute atomic E-state index is 12.1. The second-order valence-corrected chi connectivity index (χ2v) is 6.56. The van der Waals surface area contributed by atoms with Crippen molar-refractivity contribution in [2.24, 2.45) is 0 Å². The minimum Gasteiger partial charge on any atom is -0.357 e. The highest BCUT2D eigenvalue weighted by molar-refractivity contribution is 5.74. The number of nitrogens with one attached hydrogen (secondary N) is 2. The number of carbonyl (C=O) groups excluding carboxylic acids is 1. The molecule has 1 atom stereocenters. The third kappa shape index (κ3) is 5.20. The van der Waals surface area contributed by atoms with Crippen molar-refractivity contribution < 1.29 is 4.79 Å². The molecule has 25 heavy (non-hydrogen) atoms. The van der Waals surface area contributed by atoms with Gasteiger partial charge in [0.2, 0.25) is 0 Å². The van der Waals surface area contributed by atoms with Crippen molar-refractivity contribution in [1.29, 1.82) is 0 Å². The molecule has 1 aliphatic rings. The summed E-state index contributed by atoms with van der Waals surface area (Å²) < 4.78 is 1.94. The molecule has 3 heterocycles. The van der Waals surface area contributed by atoms with E-state index in [2.05, 4.69) is 31.6 Å². The van der Waals surface area contributed by atoms with Crippen LogP contribution in [0.5, 0.6) is 0 Å². The summed E-state index contributed by atoms with van der Waals surface area (Å²) >= 11 is 0. The number of hydrogen-bond donors (Lipinski definition) is 2. The average molecular weight is 342 g/mol. The zero-order valence-electron chi connectivity index (χ0n) is 14.7. The number of pyridine rings is 1. The topological polar surface area (TPSA) is 75.1 Å². The first-order valence-electron chi connectivity index (χ1n) is 8.91. The quantitative estimate of drug-likeness (QED) is 0.843. The molecule has 0 radical (unpaired) electrons. The number of nitrogens with zero attached hydrogens (tertiary/aromatic N) is 4. The van der Waals surface area contributed by atoms with Gasteiger partial charge in [0.15, 0.2) is 0 Å². The lowest BCUT2D eigenvalue weighted by Crippen LogP contribution is -2.42. The lowest BCUT2D eigenvalue weighted by molar-refractivity contribution is 0.236. The third-order valence-electron chi connectivity index (χ3n) is 4.36. The lowest BCUT2D eigenvalue weighted by atomic mass is 10.1. The van der Waals surface area contributed by atoms with Crippen LogP contribution in [-0.2, 0) is 13.1 Å². The van der Waals surface area contributed by atoms with Crippen LogP contribution in [0.4, 0.5) is 10.6 Å². The summed E-state index contributed by atoms with van der Waals surface area (Å²) in [4.78, 5) is 22.9. The molecule has 0 spiro atoms. The number of rotatable bonds is 6. The van der Waals surface area contributed by atoms with Gasteiger partial charge < -0.3 is 20.1 Å². The number of aromatic nitrogens is 3. The maximum atomic E-state index is 12.1. The first-order chi connectivity index (χ1) is 12.2. The number of piperidine rings is 1. The molecule has 0 saturated carbocycles. The number of hydrogen-bond acceptors (Lipinski definition) is 4. The third-order valence-corrected chi connectivity index (χ3v) is 4.36. The summed E-state index contributed by atoms with van der Waals surface area (Å²) in [7, 11) is 0. The van der Waals surface area contributed by atoms with Gasteiger partial charge in [-0.2, -0.15) is 0 Å². The van der Waals surface area contributed by atoms with Crippen molar-refractivity contribution in [1.82, 2.24) is 25.2 Å². The predicted molar refractivity (Wildman–Crippen MR) is 97.4 cm³/mol. The van der Waals surface area contributed by atoms with Crippen LogP contribution in [0.25, 0.3) is 0 Å². The molecule has 1 aliphatic heterocycles. The highest BCUT2D eigenvalue weighted by Gasteiger charge is 2.13. The summed E-state index contributed by atoms with van der Waals surface area (Å²) in [5.41, 5.74) is 1.06. The Labute approximate surface area is 148 Å². The fourth-order valence-electron chi connectivity index (χ4n) is 3.08. The molecule has 2 N–H and O–H groups in total. The van der Waals surface area contributed by atoms with Crippen LogP contribution in [-0.4, -0.2) is 39.7 Å². The monoisotopic (exact) mass is 342 g/mol. The van der Waals surface area contributed by atoms with E-state index >= 15 is 0 Å². The van der Waals surface area contributed by atoms with Crippen LogP contribution in [0.3, 0.4) is 0 Å². The summed E-state index contributed by atoms with van der Waals surface area (Å²) in [6.07, 6.45) is 10.9. The van der Waals surface area contributed by atoms with Crippen molar-refractivity contribution in [2.75, 3.05) is 18.0 Å². The molecule has 3 rings (SSSR count). The van der Waals surface area contributed by atoms with Gasteiger partial charge >= 0.3 is 6.03 Å². The molecule has 7 heteroatoms. The van der Waals surface area contributed by atoms with Crippen molar-refractivity contribution in [3.05, 3.63) is 42.6 Å². The maximum Gasteiger partial charge on any atom is 0.315 e. The minimum absolute atomic E-state index is 0.0237. The van der Waals surface area contributed by atoms with E-state index < -0.39 is 0 Å². The van der Waals surface area contributed by atoms with Crippen molar-refractivity contribution >= 4 is 11.8 Å². The van der Waals surface area contributed by atoms with Gasteiger partial charge in [-0.3, -0.25) is 0 Å². The molecule has 1 saturated heterocycles. The second-order valence-electron chi connectivity index (χ2n) is 6.56. The van der Waals surface area contributed by atoms with Gasteiger partial charge in [0.05, 0.1) is 6.33 Å². The summed E-state index contributed by atoms with van der Waals surface area (Å²) in [6.45, 7) is 5.29. The van der Waals surface area contributed by atoms with Crippen LogP contribution < -0.4 is 15.5 Å². The van der Waals surface area contributed by atoms with Crippen molar-refractivity contribution in [2.45, 2.75) is 45.3 Å². The molecule has 2 aromatic heterocycles. The molecule has 7 nitrogen and oxygen atoms in total. The van der Waals surface area contributed by atoms with Gasteiger partial charge in [-0.25, -0.2) is 14.8 Å². The zero-order valence-corrected chi connectivity index (χ0v) is 14.7. The largest absolute Gasteiger partial charge is 0.357 e. The number of imidazole rings is 1.